The van der Waals surface area contributed by atoms with Crippen LogP contribution in [-0.4, -0.2) is 58.5 Å². The van der Waals surface area contributed by atoms with E-state index in [1.165, 1.54) is 0 Å². The number of aliphatic hydroxyl groups excluding tert-OH is 3. The number of hydrogen-bond acceptors (Lipinski definition) is 5. The summed E-state index contributed by atoms with van der Waals surface area (Å²) in [7, 11) is 0. The van der Waals surface area contributed by atoms with E-state index >= 15 is 0 Å². The third-order valence-electron chi connectivity index (χ3n) is 2.04. The van der Waals surface area contributed by atoms with Gasteiger partial charge in [-0.05, 0) is 0 Å². The Morgan fingerprint density at radius 2 is 2.00 bits per heavy atom. The molecule has 92 valence electrons. The van der Waals surface area contributed by atoms with Gasteiger partial charge in [0.25, 0.3) is 0 Å². The first-order chi connectivity index (χ1) is 7.45. The second kappa shape index (κ2) is 5.07. The van der Waals surface area contributed by atoms with Gasteiger partial charge in [0, 0.05) is 0 Å². The van der Waals surface area contributed by atoms with Crippen LogP contribution in [-0.2, 0) is 4.74 Å². The Hall–Kier alpha value is -1.42. The number of nitrogens with one attached hydrogen (secondary N) is 1. The number of aliphatic hydroxyl groups is 3. The highest BCUT2D eigenvalue weighted by atomic mass is 16.6. The third-order valence-corrected chi connectivity index (χ3v) is 2.04. The van der Waals surface area contributed by atoms with Crippen molar-refractivity contribution in [2.75, 3.05) is 6.61 Å². The molecule has 0 aromatic rings. The number of urea groups is 1. The topological polar surface area (TPSA) is 163 Å². The molecule has 9 heteroatoms. The van der Waals surface area contributed by atoms with Crippen molar-refractivity contribution < 1.29 is 24.9 Å². The van der Waals surface area contributed by atoms with Gasteiger partial charge in [-0.2, -0.15) is 4.99 Å². The molecular formula is C7H14N4O5. The van der Waals surface area contributed by atoms with Gasteiger partial charge in [-0.15, -0.1) is 0 Å². The summed E-state index contributed by atoms with van der Waals surface area (Å²) in [5.41, 5.74) is 9.91. The second-order valence-corrected chi connectivity index (χ2v) is 3.25. The number of hydrogen-bond donors (Lipinski definition) is 6. The first-order valence-corrected chi connectivity index (χ1v) is 4.48. The number of nitrogens with zero attached hydrogens (tertiary/aromatic N) is 1. The Kier molecular flexibility index (Phi) is 4.01. The van der Waals surface area contributed by atoms with E-state index in [1.54, 1.807) is 0 Å². The summed E-state index contributed by atoms with van der Waals surface area (Å²) in [6.07, 6.45) is -4.76. The molecule has 8 N–H and O–H groups in total. The van der Waals surface area contributed by atoms with Gasteiger partial charge in [0.15, 0.2) is 12.2 Å². The van der Waals surface area contributed by atoms with Crippen LogP contribution in [0.5, 0.6) is 0 Å². The highest BCUT2D eigenvalue weighted by Gasteiger charge is 2.42. The van der Waals surface area contributed by atoms with E-state index in [9.17, 15) is 15.0 Å². The van der Waals surface area contributed by atoms with E-state index in [0.717, 1.165) is 0 Å². The van der Waals surface area contributed by atoms with E-state index in [4.69, 9.17) is 21.3 Å². The number of guanidine groups is 1. The summed E-state index contributed by atoms with van der Waals surface area (Å²) in [5, 5.41) is 29.7. The van der Waals surface area contributed by atoms with Crippen LogP contribution in [0.3, 0.4) is 0 Å². The SMILES string of the molecule is NC(N)=NC(=O)N[C@@H]1O[C@H](CO)C(O)[C@@H]1O. The molecule has 0 aliphatic carbocycles. The fourth-order valence-electron chi connectivity index (χ4n) is 1.29. The van der Waals surface area contributed by atoms with Crippen molar-refractivity contribution >= 4 is 12.0 Å². The number of carbonyl (C=O) groups excluding carboxylic acids is 1. The molecule has 0 aromatic heterocycles. The first kappa shape index (κ1) is 12.6. The molecule has 0 aromatic carbocycles. The van der Waals surface area contributed by atoms with E-state index in [2.05, 4.69) is 10.3 Å². The lowest BCUT2D eigenvalue weighted by Gasteiger charge is -2.14. The molecule has 0 radical (unpaired) electrons. The molecular weight excluding hydrogens is 220 g/mol. The highest BCUT2D eigenvalue weighted by Crippen LogP contribution is 2.19. The van der Waals surface area contributed by atoms with Crippen molar-refractivity contribution in [3.05, 3.63) is 0 Å². The molecule has 1 aliphatic rings. The maximum atomic E-state index is 11.1. The Morgan fingerprint density at radius 1 is 1.38 bits per heavy atom. The van der Waals surface area contributed by atoms with Crippen LogP contribution in [0.15, 0.2) is 4.99 Å². The molecule has 1 fully saturated rings. The number of ether oxygens (including phenoxy) is 1. The van der Waals surface area contributed by atoms with Gasteiger partial charge in [-0.25, -0.2) is 4.79 Å². The van der Waals surface area contributed by atoms with Crippen molar-refractivity contribution in [2.24, 2.45) is 16.5 Å². The molecule has 2 amide bonds. The minimum atomic E-state index is -1.35. The van der Waals surface area contributed by atoms with Crippen molar-refractivity contribution in [1.29, 1.82) is 0 Å². The van der Waals surface area contributed by atoms with Gasteiger partial charge in [0.05, 0.1) is 6.61 Å². The summed E-state index contributed by atoms with van der Waals surface area (Å²) in [6.45, 7) is -0.479. The fourth-order valence-corrected chi connectivity index (χ4v) is 1.29. The summed E-state index contributed by atoms with van der Waals surface area (Å²) < 4.78 is 4.95. The van der Waals surface area contributed by atoms with Crippen LogP contribution >= 0.6 is 0 Å². The summed E-state index contributed by atoms with van der Waals surface area (Å²) in [6, 6.07) is -0.908. The van der Waals surface area contributed by atoms with Crippen LogP contribution in [0.1, 0.15) is 0 Å². The predicted molar refractivity (Wildman–Crippen MR) is 52.1 cm³/mol. The van der Waals surface area contributed by atoms with Crippen LogP contribution in [0.2, 0.25) is 0 Å². The van der Waals surface area contributed by atoms with Crippen molar-refractivity contribution in [2.45, 2.75) is 24.5 Å². The summed E-state index contributed by atoms with van der Waals surface area (Å²) in [4.78, 5) is 14.2. The van der Waals surface area contributed by atoms with E-state index < -0.39 is 43.1 Å². The van der Waals surface area contributed by atoms with Crippen LogP contribution < -0.4 is 16.8 Å². The largest absolute Gasteiger partial charge is 0.394 e. The third kappa shape index (κ3) is 2.79. The first-order valence-electron chi connectivity index (χ1n) is 4.48. The normalized spacial score (nSPS) is 33.4. The Balaban J connectivity index is 2.56. The molecule has 0 spiro atoms. The molecule has 0 bridgehead atoms. The zero-order chi connectivity index (χ0) is 12.3. The number of amides is 2. The van der Waals surface area contributed by atoms with Crippen LogP contribution in [0, 0.1) is 0 Å². The lowest BCUT2D eigenvalue weighted by Crippen LogP contribution is -2.43. The molecule has 9 nitrogen and oxygen atoms in total. The Labute approximate surface area is 90.7 Å². The Morgan fingerprint density at radius 3 is 2.44 bits per heavy atom. The molecule has 1 rings (SSSR count). The molecule has 1 aliphatic heterocycles. The quantitative estimate of drug-likeness (QED) is 0.212. The molecule has 1 saturated heterocycles. The fraction of sp³-hybridized carbons (Fsp3) is 0.714. The van der Waals surface area contributed by atoms with E-state index in [1.807, 2.05) is 0 Å². The monoisotopic (exact) mass is 234 g/mol. The van der Waals surface area contributed by atoms with E-state index in [-0.39, 0.29) is 0 Å². The number of nitrogens with two attached hydrogens (primary N) is 2. The maximum Gasteiger partial charge on any atom is 0.346 e. The average Bonchev–Trinajstić information content (AvgIpc) is 2.44. The summed E-state index contributed by atoms with van der Waals surface area (Å²) in [5.74, 6) is -0.441. The molecule has 1 unspecified atom stereocenters. The zero-order valence-electron chi connectivity index (χ0n) is 8.28. The predicted octanol–water partition coefficient (Wildman–Crippen LogP) is -3.59. The minimum absolute atomic E-state index is 0.441. The molecule has 16 heavy (non-hydrogen) atoms. The average molecular weight is 234 g/mol. The minimum Gasteiger partial charge on any atom is -0.394 e. The van der Waals surface area contributed by atoms with Gasteiger partial charge in [0.2, 0.25) is 0 Å². The van der Waals surface area contributed by atoms with Gasteiger partial charge in [-0.1, -0.05) is 0 Å². The molecule has 4 atom stereocenters. The second-order valence-electron chi connectivity index (χ2n) is 3.25. The van der Waals surface area contributed by atoms with Crippen molar-refractivity contribution in [1.82, 2.24) is 5.32 Å². The van der Waals surface area contributed by atoms with Gasteiger partial charge in [-0.3, -0.25) is 0 Å². The van der Waals surface area contributed by atoms with Crippen LogP contribution in [0.4, 0.5) is 4.79 Å². The molecule has 0 saturated carbocycles. The standard InChI is InChI=1S/C7H14N4O5/c8-6(9)11-7(15)10-5-4(14)3(13)2(1-12)16-5/h2-5,12-14H,1H2,(H5,8,9,10,11,15)/t2-,3?,4+,5-/m1/s1. The van der Waals surface area contributed by atoms with Gasteiger partial charge >= 0.3 is 6.03 Å². The lowest BCUT2D eigenvalue weighted by molar-refractivity contribution is -0.0281. The number of aliphatic imine (C=N–C) groups is 1. The van der Waals surface area contributed by atoms with Crippen molar-refractivity contribution in [3.63, 3.8) is 0 Å². The zero-order valence-corrected chi connectivity index (χ0v) is 8.28. The maximum absolute atomic E-state index is 11.1. The van der Waals surface area contributed by atoms with Gasteiger partial charge < -0.3 is 36.8 Å². The van der Waals surface area contributed by atoms with E-state index in [0.29, 0.717) is 0 Å². The number of carbonyl (C=O) groups is 1. The number of rotatable bonds is 2. The smallest absolute Gasteiger partial charge is 0.346 e. The van der Waals surface area contributed by atoms with Crippen LogP contribution in [0.25, 0.3) is 0 Å². The molecule has 1 heterocycles. The Bertz CT molecular complexity index is 293. The van der Waals surface area contributed by atoms with Crippen molar-refractivity contribution in [3.8, 4) is 0 Å². The van der Waals surface area contributed by atoms with Gasteiger partial charge in [0.1, 0.15) is 18.3 Å². The summed E-state index contributed by atoms with van der Waals surface area (Å²) >= 11 is 0. The lowest BCUT2D eigenvalue weighted by atomic mass is 10.1. The highest BCUT2D eigenvalue weighted by molar-refractivity contribution is 5.90.